The van der Waals surface area contributed by atoms with Crippen LogP contribution in [0, 0.1) is 0 Å². The number of hydrogen-bond donors (Lipinski definition) is 2. The van der Waals surface area contributed by atoms with Gasteiger partial charge in [-0.05, 0) is 25.5 Å². The van der Waals surface area contributed by atoms with Gasteiger partial charge in [0.25, 0.3) is 5.91 Å². The summed E-state index contributed by atoms with van der Waals surface area (Å²) in [4.78, 5) is 11.8. The molecule has 1 unspecified atom stereocenters. The summed E-state index contributed by atoms with van der Waals surface area (Å²) in [5.74, 6) is 0.467. The van der Waals surface area contributed by atoms with Gasteiger partial charge in [0, 0.05) is 23.4 Å². The molecule has 4 nitrogen and oxygen atoms in total. The molecule has 1 aromatic carbocycles. The van der Waals surface area contributed by atoms with Crippen LogP contribution in [0.15, 0.2) is 18.2 Å². The molecule has 88 valence electrons. The van der Waals surface area contributed by atoms with Gasteiger partial charge in [-0.3, -0.25) is 4.79 Å². The Morgan fingerprint density at radius 1 is 1.50 bits per heavy atom. The number of hydrogen-bond acceptors (Lipinski definition) is 3. The Balaban J connectivity index is 2.86. The molecule has 1 rings (SSSR count). The molecule has 3 N–H and O–H groups in total. The molecular weight excluding hydrogens is 204 g/mol. The summed E-state index contributed by atoms with van der Waals surface area (Å²) in [6.07, 6.45) is 0.894. The molecule has 0 saturated heterocycles. The summed E-state index contributed by atoms with van der Waals surface area (Å²) in [6, 6.07) is 5.15. The average molecular weight is 222 g/mol. The molecule has 16 heavy (non-hydrogen) atoms. The van der Waals surface area contributed by atoms with Crippen molar-refractivity contribution in [3.8, 4) is 5.75 Å². The van der Waals surface area contributed by atoms with Gasteiger partial charge in [-0.1, -0.05) is 6.92 Å². The van der Waals surface area contributed by atoms with E-state index in [0.29, 0.717) is 17.0 Å². The summed E-state index contributed by atoms with van der Waals surface area (Å²) in [5.41, 5.74) is 6.72. The zero-order valence-electron chi connectivity index (χ0n) is 9.91. The van der Waals surface area contributed by atoms with Crippen molar-refractivity contribution in [2.75, 3.05) is 12.8 Å². The molecule has 0 aliphatic carbocycles. The molecule has 4 heteroatoms. The van der Waals surface area contributed by atoms with Crippen LogP contribution in [0.3, 0.4) is 0 Å². The summed E-state index contributed by atoms with van der Waals surface area (Å²) in [7, 11) is 1.55. The highest BCUT2D eigenvalue weighted by Crippen LogP contribution is 2.18. The minimum Gasteiger partial charge on any atom is -0.497 e. The normalized spacial score (nSPS) is 11.9. The molecule has 0 spiro atoms. The minimum absolute atomic E-state index is 0.125. The number of carbonyl (C=O) groups excluding carboxylic acids is 1. The highest BCUT2D eigenvalue weighted by molar-refractivity contribution is 5.95. The molecule has 0 aliphatic rings. The predicted octanol–water partition coefficient (Wildman–Crippen LogP) is 1.81. The third-order valence-corrected chi connectivity index (χ3v) is 2.42. The lowest BCUT2D eigenvalue weighted by molar-refractivity contribution is 0.0939. The van der Waals surface area contributed by atoms with Crippen LogP contribution in [-0.4, -0.2) is 19.1 Å². The van der Waals surface area contributed by atoms with Gasteiger partial charge in [0.15, 0.2) is 0 Å². The van der Waals surface area contributed by atoms with E-state index in [1.807, 2.05) is 13.8 Å². The second kappa shape index (κ2) is 5.39. The van der Waals surface area contributed by atoms with Crippen molar-refractivity contribution < 1.29 is 9.53 Å². The second-order valence-electron chi connectivity index (χ2n) is 3.78. The van der Waals surface area contributed by atoms with E-state index in [2.05, 4.69) is 5.32 Å². The monoisotopic (exact) mass is 222 g/mol. The molecule has 1 aromatic rings. The van der Waals surface area contributed by atoms with Crippen LogP contribution in [0.25, 0.3) is 0 Å². The van der Waals surface area contributed by atoms with Crippen LogP contribution in [0.5, 0.6) is 5.75 Å². The van der Waals surface area contributed by atoms with Crippen molar-refractivity contribution >= 4 is 11.6 Å². The molecule has 0 aromatic heterocycles. The number of carbonyl (C=O) groups is 1. The first-order valence-corrected chi connectivity index (χ1v) is 5.32. The number of rotatable bonds is 4. The van der Waals surface area contributed by atoms with E-state index in [0.717, 1.165) is 6.42 Å². The molecule has 1 atom stereocenters. The molecule has 0 heterocycles. The summed E-state index contributed by atoms with van der Waals surface area (Å²) in [6.45, 7) is 3.98. The molecule has 0 saturated carbocycles. The fourth-order valence-corrected chi connectivity index (χ4v) is 1.28. The van der Waals surface area contributed by atoms with Crippen LogP contribution >= 0.6 is 0 Å². The van der Waals surface area contributed by atoms with E-state index in [1.165, 1.54) is 0 Å². The number of amides is 1. The predicted molar refractivity (Wildman–Crippen MR) is 64.6 cm³/mol. The Hall–Kier alpha value is -1.71. The third-order valence-electron chi connectivity index (χ3n) is 2.42. The lowest BCUT2D eigenvalue weighted by Gasteiger charge is -2.12. The average Bonchev–Trinajstić information content (AvgIpc) is 2.27. The number of nitrogen functional groups attached to an aromatic ring is 1. The largest absolute Gasteiger partial charge is 0.497 e. The maximum Gasteiger partial charge on any atom is 0.251 e. The van der Waals surface area contributed by atoms with Crippen LogP contribution in [0.2, 0.25) is 0 Å². The zero-order chi connectivity index (χ0) is 12.1. The van der Waals surface area contributed by atoms with Gasteiger partial charge in [0.05, 0.1) is 7.11 Å². The van der Waals surface area contributed by atoms with Gasteiger partial charge in [0.1, 0.15) is 5.75 Å². The van der Waals surface area contributed by atoms with E-state index in [4.69, 9.17) is 10.5 Å². The second-order valence-corrected chi connectivity index (χ2v) is 3.78. The first kappa shape index (κ1) is 12.4. The van der Waals surface area contributed by atoms with Crippen molar-refractivity contribution in [2.24, 2.45) is 0 Å². The van der Waals surface area contributed by atoms with E-state index in [-0.39, 0.29) is 11.9 Å². The first-order valence-electron chi connectivity index (χ1n) is 5.32. The first-order chi connectivity index (χ1) is 7.56. The van der Waals surface area contributed by atoms with Gasteiger partial charge in [-0.2, -0.15) is 0 Å². The van der Waals surface area contributed by atoms with Crippen molar-refractivity contribution in [3.05, 3.63) is 23.8 Å². The lowest BCUT2D eigenvalue weighted by atomic mass is 10.1. The van der Waals surface area contributed by atoms with Gasteiger partial charge >= 0.3 is 0 Å². The Kier molecular flexibility index (Phi) is 4.17. The molecule has 0 aliphatic heterocycles. The van der Waals surface area contributed by atoms with Crippen molar-refractivity contribution in [1.29, 1.82) is 0 Å². The van der Waals surface area contributed by atoms with Crippen LogP contribution in [-0.2, 0) is 0 Å². The maximum absolute atomic E-state index is 11.8. The smallest absolute Gasteiger partial charge is 0.251 e. The van der Waals surface area contributed by atoms with Crippen LogP contribution in [0.1, 0.15) is 30.6 Å². The van der Waals surface area contributed by atoms with E-state index >= 15 is 0 Å². The highest BCUT2D eigenvalue weighted by atomic mass is 16.5. The fraction of sp³-hybridized carbons (Fsp3) is 0.417. The topological polar surface area (TPSA) is 64.4 Å². The number of ether oxygens (including phenoxy) is 1. The van der Waals surface area contributed by atoms with Crippen molar-refractivity contribution in [2.45, 2.75) is 26.3 Å². The third kappa shape index (κ3) is 3.15. The molecule has 0 bridgehead atoms. The van der Waals surface area contributed by atoms with Gasteiger partial charge in [0.2, 0.25) is 0 Å². The Bertz CT molecular complexity index is 377. The number of nitrogens with two attached hydrogens (primary N) is 1. The van der Waals surface area contributed by atoms with Crippen molar-refractivity contribution in [3.63, 3.8) is 0 Å². The number of benzene rings is 1. The summed E-state index contributed by atoms with van der Waals surface area (Å²) in [5, 5.41) is 2.87. The lowest BCUT2D eigenvalue weighted by Crippen LogP contribution is -2.31. The highest BCUT2D eigenvalue weighted by Gasteiger charge is 2.10. The van der Waals surface area contributed by atoms with E-state index < -0.39 is 0 Å². The molecular formula is C12H18N2O2. The van der Waals surface area contributed by atoms with E-state index in [1.54, 1.807) is 25.3 Å². The van der Waals surface area contributed by atoms with Crippen molar-refractivity contribution in [1.82, 2.24) is 5.32 Å². The number of nitrogens with one attached hydrogen (secondary N) is 1. The number of anilines is 1. The van der Waals surface area contributed by atoms with Crippen LogP contribution < -0.4 is 15.8 Å². The standard InChI is InChI=1S/C12H18N2O2/c1-4-8(2)14-12(15)9-5-10(13)7-11(6-9)16-3/h5-8H,4,13H2,1-3H3,(H,14,15). The maximum atomic E-state index is 11.8. The molecule has 1 amide bonds. The summed E-state index contributed by atoms with van der Waals surface area (Å²) < 4.78 is 5.06. The van der Waals surface area contributed by atoms with Gasteiger partial charge in [-0.25, -0.2) is 0 Å². The van der Waals surface area contributed by atoms with E-state index in [9.17, 15) is 4.79 Å². The quantitative estimate of drug-likeness (QED) is 0.763. The Labute approximate surface area is 95.8 Å². The van der Waals surface area contributed by atoms with Gasteiger partial charge < -0.3 is 15.8 Å². The molecule has 0 radical (unpaired) electrons. The summed E-state index contributed by atoms with van der Waals surface area (Å²) >= 11 is 0. The van der Waals surface area contributed by atoms with Gasteiger partial charge in [-0.15, -0.1) is 0 Å². The Morgan fingerprint density at radius 2 is 2.19 bits per heavy atom. The Morgan fingerprint density at radius 3 is 2.75 bits per heavy atom. The van der Waals surface area contributed by atoms with Crippen LogP contribution in [0.4, 0.5) is 5.69 Å². The zero-order valence-corrected chi connectivity index (χ0v) is 9.91. The minimum atomic E-state index is -0.125. The molecule has 0 fully saturated rings. The number of methoxy groups -OCH3 is 1. The SMILES string of the molecule is CCC(C)NC(=O)c1cc(N)cc(OC)c1. The fourth-order valence-electron chi connectivity index (χ4n) is 1.28.